The van der Waals surface area contributed by atoms with E-state index in [1.165, 1.54) is 0 Å². The van der Waals surface area contributed by atoms with Gasteiger partial charge in [-0.15, -0.1) is 0 Å². The summed E-state index contributed by atoms with van der Waals surface area (Å²) in [7, 11) is 3.14. The average molecular weight is 241 g/mol. The molecule has 0 spiro atoms. The molecule has 17 heavy (non-hydrogen) atoms. The summed E-state index contributed by atoms with van der Waals surface area (Å²) in [6, 6.07) is 5.29. The van der Waals surface area contributed by atoms with E-state index in [2.05, 4.69) is 5.48 Å². The Morgan fingerprint density at radius 3 is 2.65 bits per heavy atom. The van der Waals surface area contributed by atoms with Gasteiger partial charge in [0, 0.05) is 5.56 Å². The number of hydroxylamine groups is 1. The van der Waals surface area contributed by atoms with Crippen LogP contribution < -0.4 is 15.0 Å². The Morgan fingerprint density at radius 2 is 2.06 bits per heavy atom. The SMILES string of the molecule is CCONCC(O)c1cc(OC)ccc1OC. The van der Waals surface area contributed by atoms with E-state index >= 15 is 0 Å². The zero-order valence-electron chi connectivity index (χ0n) is 10.4. The molecule has 0 aliphatic rings. The predicted molar refractivity (Wildman–Crippen MR) is 64.1 cm³/mol. The fourth-order valence-corrected chi connectivity index (χ4v) is 1.45. The summed E-state index contributed by atoms with van der Waals surface area (Å²) in [6.45, 7) is 2.70. The second-order valence-electron chi connectivity index (χ2n) is 3.41. The zero-order valence-corrected chi connectivity index (χ0v) is 10.4. The van der Waals surface area contributed by atoms with Gasteiger partial charge in [0.2, 0.25) is 0 Å². The van der Waals surface area contributed by atoms with E-state index in [0.29, 0.717) is 23.7 Å². The molecule has 0 saturated heterocycles. The molecule has 5 heteroatoms. The van der Waals surface area contributed by atoms with Crippen LogP contribution in [0.5, 0.6) is 11.5 Å². The van der Waals surface area contributed by atoms with Crippen molar-refractivity contribution in [3.8, 4) is 11.5 Å². The number of benzene rings is 1. The van der Waals surface area contributed by atoms with Crippen molar-refractivity contribution in [1.82, 2.24) is 5.48 Å². The molecule has 5 nitrogen and oxygen atoms in total. The summed E-state index contributed by atoms with van der Waals surface area (Å²) in [5.74, 6) is 1.30. The Bertz CT molecular complexity index is 343. The lowest BCUT2D eigenvalue weighted by Crippen LogP contribution is -2.22. The molecule has 1 rings (SSSR count). The molecule has 0 fully saturated rings. The van der Waals surface area contributed by atoms with Gasteiger partial charge in [-0.25, -0.2) is 0 Å². The van der Waals surface area contributed by atoms with E-state index in [1.807, 2.05) is 6.92 Å². The Kier molecular flexibility index (Phi) is 5.76. The first-order valence-electron chi connectivity index (χ1n) is 5.47. The molecule has 0 bridgehead atoms. The van der Waals surface area contributed by atoms with Crippen molar-refractivity contribution >= 4 is 0 Å². The summed E-state index contributed by atoms with van der Waals surface area (Å²) >= 11 is 0. The fourth-order valence-electron chi connectivity index (χ4n) is 1.45. The number of aliphatic hydroxyl groups is 1. The van der Waals surface area contributed by atoms with Crippen molar-refractivity contribution in [1.29, 1.82) is 0 Å². The number of hydrogen-bond donors (Lipinski definition) is 2. The highest BCUT2D eigenvalue weighted by molar-refractivity contribution is 5.41. The van der Waals surface area contributed by atoms with Gasteiger partial charge >= 0.3 is 0 Å². The molecule has 0 aliphatic carbocycles. The van der Waals surface area contributed by atoms with Gasteiger partial charge in [-0.2, -0.15) is 5.48 Å². The highest BCUT2D eigenvalue weighted by Crippen LogP contribution is 2.28. The Hall–Kier alpha value is -1.30. The normalized spacial score (nSPS) is 12.2. The van der Waals surface area contributed by atoms with Crippen LogP contribution in [-0.4, -0.2) is 32.5 Å². The van der Waals surface area contributed by atoms with Crippen molar-refractivity contribution in [2.45, 2.75) is 13.0 Å². The topological polar surface area (TPSA) is 60.0 Å². The van der Waals surface area contributed by atoms with Gasteiger partial charge in [0.15, 0.2) is 0 Å². The predicted octanol–water partition coefficient (Wildman–Crippen LogP) is 1.28. The number of methoxy groups -OCH3 is 2. The third-order valence-corrected chi connectivity index (χ3v) is 2.32. The second-order valence-corrected chi connectivity index (χ2v) is 3.41. The van der Waals surface area contributed by atoms with Crippen molar-refractivity contribution < 1.29 is 19.4 Å². The third kappa shape index (κ3) is 3.89. The summed E-state index contributed by atoms with van der Waals surface area (Å²) in [4.78, 5) is 4.97. The lowest BCUT2D eigenvalue weighted by molar-refractivity contribution is 0.0204. The standard InChI is InChI=1S/C12H19NO4/c1-4-17-13-8-11(14)10-7-9(15-2)5-6-12(10)16-3/h5-7,11,13-14H,4,8H2,1-3H3. The van der Waals surface area contributed by atoms with Crippen molar-refractivity contribution in [2.24, 2.45) is 0 Å². The van der Waals surface area contributed by atoms with Crippen molar-refractivity contribution in [2.75, 3.05) is 27.4 Å². The average Bonchev–Trinajstić information content (AvgIpc) is 2.38. The quantitative estimate of drug-likeness (QED) is 0.556. The first kappa shape index (κ1) is 13.8. The minimum absolute atomic E-state index is 0.289. The Balaban J connectivity index is 2.78. The molecule has 0 aliphatic heterocycles. The van der Waals surface area contributed by atoms with Gasteiger partial charge in [0.1, 0.15) is 11.5 Å². The molecule has 0 aromatic heterocycles. The lowest BCUT2D eigenvalue weighted by atomic mass is 10.1. The molecule has 1 aromatic carbocycles. The lowest BCUT2D eigenvalue weighted by Gasteiger charge is -2.16. The maximum Gasteiger partial charge on any atom is 0.124 e. The van der Waals surface area contributed by atoms with E-state index in [0.717, 1.165) is 0 Å². The molecule has 0 saturated carbocycles. The molecular weight excluding hydrogens is 222 g/mol. The minimum Gasteiger partial charge on any atom is -0.497 e. The smallest absolute Gasteiger partial charge is 0.124 e. The molecule has 1 aromatic rings. The molecule has 0 heterocycles. The maximum absolute atomic E-state index is 10.0. The largest absolute Gasteiger partial charge is 0.497 e. The molecule has 0 radical (unpaired) electrons. The summed E-state index contributed by atoms with van der Waals surface area (Å²) in [5.41, 5.74) is 3.34. The summed E-state index contributed by atoms with van der Waals surface area (Å²) in [5, 5.41) is 10.0. The van der Waals surface area contributed by atoms with Crippen molar-refractivity contribution in [3.63, 3.8) is 0 Å². The zero-order chi connectivity index (χ0) is 12.7. The summed E-state index contributed by atoms with van der Waals surface area (Å²) < 4.78 is 10.3. The van der Waals surface area contributed by atoms with Crippen LogP contribution in [0.4, 0.5) is 0 Å². The van der Waals surface area contributed by atoms with Gasteiger partial charge in [0.25, 0.3) is 0 Å². The van der Waals surface area contributed by atoms with Crippen LogP contribution in [0.2, 0.25) is 0 Å². The molecule has 0 amide bonds. The second kappa shape index (κ2) is 7.11. The minimum atomic E-state index is -0.716. The van der Waals surface area contributed by atoms with E-state index in [-0.39, 0.29) is 6.54 Å². The highest BCUT2D eigenvalue weighted by Gasteiger charge is 2.14. The Morgan fingerprint density at radius 1 is 1.29 bits per heavy atom. The van der Waals surface area contributed by atoms with Crippen LogP contribution in [-0.2, 0) is 4.84 Å². The van der Waals surface area contributed by atoms with Gasteiger partial charge < -0.3 is 19.4 Å². The molecule has 1 atom stereocenters. The van der Waals surface area contributed by atoms with Crippen LogP contribution in [0.25, 0.3) is 0 Å². The van der Waals surface area contributed by atoms with E-state index < -0.39 is 6.10 Å². The van der Waals surface area contributed by atoms with E-state index in [9.17, 15) is 5.11 Å². The highest BCUT2D eigenvalue weighted by atomic mass is 16.6. The molecule has 2 N–H and O–H groups in total. The molecular formula is C12H19NO4. The number of aliphatic hydroxyl groups excluding tert-OH is 1. The van der Waals surface area contributed by atoms with Crippen LogP contribution in [0, 0.1) is 0 Å². The van der Waals surface area contributed by atoms with Gasteiger partial charge in [0.05, 0.1) is 33.5 Å². The van der Waals surface area contributed by atoms with Crippen LogP contribution in [0.3, 0.4) is 0 Å². The van der Waals surface area contributed by atoms with Gasteiger partial charge in [-0.3, -0.25) is 0 Å². The summed E-state index contributed by atoms with van der Waals surface area (Å²) in [6.07, 6.45) is -0.716. The monoisotopic (exact) mass is 241 g/mol. The van der Waals surface area contributed by atoms with E-state index in [1.54, 1.807) is 32.4 Å². The van der Waals surface area contributed by atoms with E-state index in [4.69, 9.17) is 14.3 Å². The number of nitrogens with one attached hydrogen (secondary N) is 1. The Labute approximate surface area is 101 Å². The van der Waals surface area contributed by atoms with Crippen molar-refractivity contribution in [3.05, 3.63) is 23.8 Å². The molecule has 96 valence electrons. The van der Waals surface area contributed by atoms with Gasteiger partial charge in [-0.05, 0) is 25.1 Å². The number of hydrogen-bond acceptors (Lipinski definition) is 5. The van der Waals surface area contributed by atoms with Crippen LogP contribution in [0.15, 0.2) is 18.2 Å². The molecule has 1 unspecified atom stereocenters. The maximum atomic E-state index is 10.0. The fraction of sp³-hybridized carbons (Fsp3) is 0.500. The first-order chi connectivity index (χ1) is 8.22. The van der Waals surface area contributed by atoms with Gasteiger partial charge in [-0.1, -0.05) is 0 Å². The first-order valence-corrected chi connectivity index (χ1v) is 5.47. The number of ether oxygens (including phenoxy) is 2. The number of rotatable bonds is 7. The van der Waals surface area contributed by atoms with Crippen LogP contribution in [0.1, 0.15) is 18.6 Å². The third-order valence-electron chi connectivity index (χ3n) is 2.32. The van der Waals surface area contributed by atoms with Crippen LogP contribution >= 0.6 is 0 Å².